The van der Waals surface area contributed by atoms with E-state index in [0.29, 0.717) is 40.5 Å². The third kappa shape index (κ3) is 3.76. The fourth-order valence-corrected chi connectivity index (χ4v) is 4.21. The van der Waals surface area contributed by atoms with Gasteiger partial charge in [-0.1, -0.05) is 41.1 Å². The predicted molar refractivity (Wildman–Crippen MR) is 110 cm³/mol. The van der Waals surface area contributed by atoms with E-state index in [1.165, 1.54) is 11.3 Å². The lowest BCUT2D eigenvalue weighted by Gasteiger charge is -2.22. The summed E-state index contributed by atoms with van der Waals surface area (Å²) in [6, 6.07) is 13.2. The molecule has 1 amide bonds. The average Bonchev–Trinajstić information content (AvgIpc) is 3.06. The molecule has 1 atom stereocenters. The first kappa shape index (κ1) is 18.6. The van der Waals surface area contributed by atoms with Gasteiger partial charge in [-0.15, -0.1) is 0 Å². The molecular formula is C20H18ClN3O3S. The number of hydrogen-bond acceptors (Lipinski definition) is 6. The van der Waals surface area contributed by atoms with E-state index < -0.39 is 0 Å². The van der Waals surface area contributed by atoms with Crippen molar-refractivity contribution >= 4 is 39.8 Å². The third-order valence-corrected chi connectivity index (χ3v) is 5.78. The topological polar surface area (TPSA) is 86.5 Å². The van der Waals surface area contributed by atoms with Crippen molar-refractivity contribution in [3.8, 4) is 11.5 Å². The maximum Gasteiger partial charge on any atom is 0.226 e. The van der Waals surface area contributed by atoms with Crippen molar-refractivity contribution in [2.75, 3.05) is 18.2 Å². The summed E-state index contributed by atoms with van der Waals surface area (Å²) in [5.74, 6) is 1.58. The number of halogens is 1. The zero-order chi connectivity index (χ0) is 19.7. The number of fused-ring (bicyclic) bond motifs is 1. The number of rotatable bonds is 5. The van der Waals surface area contributed by atoms with Crippen LogP contribution in [0.4, 0.5) is 10.9 Å². The molecule has 0 radical (unpaired) electrons. The Morgan fingerprint density at radius 1 is 1.25 bits per heavy atom. The van der Waals surface area contributed by atoms with E-state index in [9.17, 15) is 4.79 Å². The molecule has 0 aliphatic carbocycles. The number of aromatic nitrogens is 1. The first-order valence-corrected chi connectivity index (χ1v) is 9.84. The van der Waals surface area contributed by atoms with Crippen LogP contribution in [0.2, 0.25) is 5.02 Å². The minimum absolute atomic E-state index is 0.0812. The highest BCUT2D eigenvalue weighted by molar-refractivity contribution is 7.16. The summed E-state index contributed by atoms with van der Waals surface area (Å²) in [7, 11) is 1.60. The molecule has 2 aromatic carbocycles. The molecule has 3 N–H and O–H groups in total. The smallest absolute Gasteiger partial charge is 0.226 e. The van der Waals surface area contributed by atoms with E-state index in [4.69, 9.17) is 26.8 Å². The molecule has 0 spiro atoms. The molecule has 6 nitrogen and oxygen atoms in total. The molecule has 0 fully saturated rings. The maximum absolute atomic E-state index is 12.1. The van der Waals surface area contributed by atoms with Gasteiger partial charge < -0.3 is 20.5 Å². The lowest BCUT2D eigenvalue weighted by molar-refractivity contribution is -0.116. The van der Waals surface area contributed by atoms with Crippen molar-refractivity contribution in [2.45, 2.75) is 18.9 Å². The van der Waals surface area contributed by atoms with E-state index in [1.807, 2.05) is 42.5 Å². The molecule has 0 bridgehead atoms. The SMILES string of the molecule is COc1ccc(C2CC(=O)Nc3nc(N)sc32)cc1OCc1ccc(Cl)cc1. The molecule has 8 heteroatoms. The summed E-state index contributed by atoms with van der Waals surface area (Å²) in [6.45, 7) is 0.376. The number of benzene rings is 2. The van der Waals surface area contributed by atoms with Crippen LogP contribution in [0.25, 0.3) is 0 Å². The summed E-state index contributed by atoms with van der Waals surface area (Å²) < 4.78 is 11.4. The summed E-state index contributed by atoms with van der Waals surface area (Å²) in [5.41, 5.74) is 7.79. The minimum atomic E-state index is -0.123. The Morgan fingerprint density at radius 3 is 2.79 bits per heavy atom. The average molecular weight is 416 g/mol. The maximum atomic E-state index is 12.1. The van der Waals surface area contributed by atoms with Crippen LogP contribution in [0.15, 0.2) is 42.5 Å². The molecule has 1 aliphatic heterocycles. The van der Waals surface area contributed by atoms with Crippen LogP contribution in [0.1, 0.15) is 28.3 Å². The van der Waals surface area contributed by atoms with Crippen LogP contribution in [-0.2, 0) is 11.4 Å². The van der Waals surface area contributed by atoms with Gasteiger partial charge in [0.05, 0.1) is 12.0 Å². The lowest BCUT2D eigenvalue weighted by Crippen LogP contribution is -2.22. The number of nitrogens with one attached hydrogen (secondary N) is 1. The molecule has 1 unspecified atom stereocenters. The van der Waals surface area contributed by atoms with E-state index >= 15 is 0 Å². The zero-order valence-electron chi connectivity index (χ0n) is 15.1. The molecule has 0 saturated heterocycles. The van der Waals surface area contributed by atoms with Crippen molar-refractivity contribution < 1.29 is 14.3 Å². The van der Waals surface area contributed by atoms with Crippen LogP contribution in [0.5, 0.6) is 11.5 Å². The fraction of sp³-hybridized carbons (Fsp3) is 0.200. The molecule has 1 aliphatic rings. The van der Waals surface area contributed by atoms with E-state index in [1.54, 1.807) is 7.11 Å². The fourth-order valence-electron chi connectivity index (χ4n) is 3.17. The lowest BCUT2D eigenvalue weighted by atomic mass is 9.91. The molecule has 2 heterocycles. The highest BCUT2D eigenvalue weighted by atomic mass is 35.5. The highest BCUT2D eigenvalue weighted by Crippen LogP contribution is 2.43. The summed E-state index contributed by atoms with van der Waals surface area (Å²) in [5, 5.41) is 3.90. The minimum Gasteiger partial charge on any atom is -0.493 e. The Labute approximate surface area is 171 Å². The van der Waals surface area contributed by atoms with Crippen LogP contribution < -0.4 is 20.5 Å². The molecule has 1 aromatic heterocycles. The van der Waals surface area contributed by atoms with Crippen molar-refractivity contribution in [3.05, 3.63) is 63.5 Å². The largest absolute Gasteiger partial charge is 0.493 e. The Kier molecular flexibility index (Phi) is 5.11. The van der Waals surface area contributed by atoms with Gasteiger partial charge in [0.2, 0.25) is 5.91 Å². The van der Waals surface area contributed by atoms with E-state index in [0.717, 1.165) is 16.0 Å². The first-order valence-electron chi connectivity index (χ1n) is 8.64. The second kappa shape index (κ2) is 7.69. The number of nitrogen functional groups attached to an aromatic ring is 1. The number of amides is 1. The van der Waals surface area contributed by atoms with Gasteiger partial charge in [0.15, 0.2) is 16.6 Å². The number of carbonyl (C=O) groups excluding carboxylic acids is 1. The van der Waals surface area contributed by atoms with Crippen molar-refractivity contribution in [1.82, 2.24) is 4.98 Å². The standard InChI is InChI=1S/C20H18ClN3O3S/c1-26-15-7-4-12(8-16(15)27-10-11-2-5-13(21)6-3-11)14-9-17(25)23-19-18(14)28-20(22)24-19/h2-8,14H,9-10H2,1H3,(H2,22,24)(H,23,25). The monoisotopic (exact) mass is 415 g/mol. The Morgan fingerprint density at radius 2 is 2.04 bits per heavy atom. The van der Waals surface area contributed by atoms with Gasteiger partial charge in [-0.25, -0.2) is 4.98 Å². The number of thiazole rings is 1. The van der Waals surface area contributed by atoms with Crippen LogP contribution in [0.3, 0.4) is 0 Å². The van der Waals surface area contributed by atoms with Crippen molar-refractivity contribution in [1.29, 1.82) is 0 Å². The third-order valence-electron chi connectivity index (χ3n) is 4.53. The van der Waals surface area contributed by atoms with Gasteiger partial charge in [-0.05, 0) is 35.4 Å². The van der Waals surface area contributed by atoms with E-state index in [2.05, 4.69) is 10.3 Å². The normalized spacial score (nSPS) is 15.6. The van der Waals surface area contributed by atoms with Gasteiger partial charge >= 0.3 is 0 Å². The quantitative estimate of drug-likeness (QED) is 0.643. The number of ether oxygens (including phenoxy) is 2. The molecular weight excluding hydrogens is 398 g/mol. The van der Waals surface area contributed by atoms with Gasteiger partial charge in [0.1, 0.15) is 12.4 Å². The van der Waals surface area contributed by atoms with Crippen molar-refractivity contribution in [3.63, 3.8) is 0 Å². The Bertz CT molecular complexity index is 1020. The summed E-state index contributed by atoms with van der Waals surface area (Å²) >= 11 is 7.32. The second-order valence-corrected chi connectivity index (χ2v) is 7.89. The van der Waals surface area contributed by atoms with Gasteiger partial charge in [-0.2, -0.15) is 0 Å². The van der Waals surface area contributed by atoms with Crippen LogP contribution in [0, 0.1) is 0 Å². The molecule has 144 valence electrons. The van der Waals surface area contributed by atoms with Gasteiger partial charge in [0, 0.05) is 17.4 Å². The summed E-state index contributed by atoms with van der Waals surface area (Å²) in [4.78, 5) is 17.3. The Hall–Kier alpha value is -2.77. The number of carbonyl (C=O) groups is 1. The second-order valence-electron chi connectivity index (χ2n) is 6.40. The van der Waals surface area contributed by atoms with Crippen LogP contribution >= 0.6 is 22.9 Å². The Balaban J connectivity index is 1.63. The molecule has 3 aromatic rings. The highest BCUT2D eigenvalue weighted by Gasteiger charge is 2.30. The number of anilines is 2. The van der Waals surface area contributed by atoms with E-state index in [-0.39, 0.29) is 11.8 Å². The predicted octanol–water partition coefficient (Wildman–Crippen LogP) is 4.44. The van der Waals surface area contributed by atoms with Gasteiger partial charge in [0.25, 0.3) is 0 Å². The van der Waals surface area contributed by atoms with Crippen molar-refractivity contribution in [2.24, 2.45) is 0 Å². The molecule has 0 saturated carbocycles. The number of nitrogens with two attached hydrogens (primary N) is 1. The van der Waals surface area contributed by atoms with Gasteiger partial charge in [-0.3, -0.25) is 4.79 Å². The molecule has 4 rings (SSSR count). The zero-order valence-corrected chi connectivity index (χ0v) is 16.6. The number of nitrogens with zero attached hydrogens (tertiary/aromatic N) is 1. The number of methoxy groups -OCH3 is 1. The molecule has 28 heavy (non-hydrogen) atoms. The first-order chi connectivity index (χ1) is 13.5. The summed E-state index contributed by atoms with van der Waals surface area (Å²) in [6.07, 6.45) is 0.331. The number of hydrogen-bond donors (Lipinski definition) is 2. The van der Waals surface area contributed by atoms with Crippen LogP contribution in [-0.4, -0.2) is 18.0 Å².